The van der Waals surface area contributed by atoms with Crippen LogP contribution in [0.4, 0.5) is 4.39 Å². The summed E-state index contributed by atoms with van der Waals surface area (Å²) in [6.45, 7) is 1.19. The fourth-order valence-corrected chi connectivity index (χ4v) is 3.98. The minimum atomic E-state index is -4.11. The third-order valence-corrected chi connectivity index (χ3v) is 5.98. The van der Waals surface area contributed by atoms with E-state index in [0.29, 0.717) is 0 Å². The van der Waals surface area contributed by atoms with Gasteiger partial charge in [0, 0.05) is 0 Å². The van der Waals surface area contributed by atoms with E-state index in [2.05, 4.69) is 17.4 Å². The summed E-state index contributed by atoms with van der Waals surface area (Å²) in [6.07, 6.45) is 4.42. The highest BCUT2D eigenvalue weighted by molar-refractivity contribution is 7.89. The molecular formula is C21H23FN2O5S. The average Bonchev–Trinajstić information content (AvgIpc) is 2.71. The van der Waals surface area contributed by atoms with Gasteiger partial charge in [-0.3, -0.25) is 4.79 Å². The van der Waals surface area contributed by atoms with Crippen molar-refractivity contribution in [2.75, 3.05) is 6.61 Å². The molecule has 0 heterocycles. The van der Waals surface area contributed by atoms with Crippen LogP contribution >= 0.6 is 0 Å². The zero-order valence-electron chi connectivity index (χ0n) is 16.5. The van der Waals surface area contributed by atoms with Crippen molar-refractivity contribution in [3.8, 4) is 0 Å². The Balaban J connectivity index is 1.60. The molecule has 1 amide bonds. The monoisotopic (exact) mass is 434 g/mol. The van der Waals surface area contributed by atoms with Crippen LogP contribution in [0.25, 0.3) is 0 Å². The summed E-state index contributed by atoms with van der Waals surface area (Å²) in [6, 6.07) is 8.34. The van der Waals surface area contributed by atoms with E-state index in [1.807, 2.05) is 13.0 Å². The van der Waals surface area contributed by atoms with Crippen molar-refractivity contribution >= 4 is 21.9 Å². The second kappa shape index (κ2) is 8.93. The highest BCUT2D eigenvalue weighted by atomic mass is 32.2. The lowest BCUT2D eigenvalue weighted by atomic mass is 9.89. The first-order valence-corrected chi connectivity index (χ1v) is 11.1. The smallest absolute Gasteiger partial charge is 0.341 e. The first kappa shape index (κ1) is 21.9. The summed E-state index contributed by atoms with van der Waals surface area (Å²) in [5, 5.41) is 7.72. The van der Waals surface area contributed by atoms with Crippen molar-refractivity contribution in [1.82, 2.24) is 5.32 Å². The summed E-state index contributed by atoms with van der Waals surface area (Å²) < 4.78 is 41.4. The summed E-state index contributed by atoms with van der Waals surface area (Å²) in [4.78, 5) is 23.8. The van der Waals surface area contributed by atoms with Gasteiger partial charge >= 0.3 is 5.97 Å². The van der Waals surface area contributed by atoms with Gasteiger partial charge < -0.3 is 10.1 Å². The standard InChI is InChI=1S/C21H23FN2O5S/c1-13(15-7-6-14-4-2-3-5-16(14)10-15)24-20(25)12-29-21(26)18-11-17(30(23,27)28)8-9-19(18)22/h6-11,13H,2-5,12H2,1H3,(H,24,25)(H2,23,27,28). The maximum Gasteiger partial charge on any atom is 0.341 e. The molecule has 30 heavy (non-hydrogen) atoms. The van der Waals surface area contributed by atoms with Crippen molar-refractivity contribution in [2.24, 2.45) is 5.14 Å². The second-order valence-electron chi connectivity index (χ2n) is 7.29. The van der Waals surface area contributed by atoms with E-state index < -0.39 is 44.8 Å². The molecule has 7 nitrogen and oxygen atoms in total. The molecule has 160 valence electrons. The number of esters is 1. The summed E-state index contributed by atoms with van der Waals surface area (Å²) in [5.41, 5.74) is 2.96. The molecule has 0 aliphatic heterocycles. The number of ether oxygens (including phenoxy) is 1. The van der Waals surface area contributed by atoms with Gasteiger partial charge in [-0.25, -0.2) is 22.7 Å². The molecule has 9 heteroatoms. The quantitative estimate of drug-likeness (QED) is 0.678. The number of halogens is 1. The lowest BCUT2D eigenvalue weighted by Gasteiger charge is -2.20. The molecular weight excluding hydrogens is 411 g/mol. The number of amides is 1. The van der Waals surface area contributed by atoms with Gasteiger partial charge in [-0.15, -0.1) is 0 Å². The number of primary sulfonamides is 1. The van der Waals surface area contributed by atoms with Crippen LogP contribution in [0.3, 0.4) is 0 Å². The molecule has 1 aliphatic rings. The van der Waals surface area contributed by atoms with Crippen LogP contribution in [0, 0.1) is 5.82 Å². The van der Waals surface area contributed by atoms with Crippen molar-refractivity contribution in [2.45, 2.75) is 43.5 Å². The Kier molecular flexibility index (Phi) is 6.52. The summed E-state index contributed by atoms with van der Waals surface area (Å²) >= 11 is 0. The van der Waals surface area contributed by atoms with E-state index in [9.17, 15) is 22.4 Å². The SMILES string of the molecule is CC(NC(=O)COC(=O)c1cc(S(N)(=O)=O)ccc1F)c1ccc2c(c1)CCCC2. The van der Waals surface area contributed by atoms with Crippen LogP contribution in [0.1, 0.15) is 52.9 Å². The predicted molar refractivity (Wildman–Crippen MR) is 108 cm³/mol. The van der Waals surface area contributed by atoms with Gasteiger partial charge in [0.2, 0.25) is 10.0 Å². The molecule has 2 aromatic rings. The number of sulfonamides is 1. The van der Waals surface area contributed by atoms with E-state index in [1.165, 1.54) is 17.5 Å². The number of benzene rings is 2. The van der Waals surface area contributed by atoms with Gasteiger partial charge in [0.25, 0.3) is 5.91 Å². The Morgan fingerprint density at radius 2 is 1.83 bits per heavy atom. The zero-order valence-corrected chi connectivity index (χ0v) is 17.3. The number of carbonyl (C=O) groups is 2. The fourth-order valence-electron chi connectivity index (χ4n) is 3.44. The van der Waals surface area contributed by atoms with Crippen molar-refractivity contribution in [1.29, 1.82) is 0 Å². The lowest BCUT2D eigenvalue weighted by Crippen LogP contribution is -2.31. The third-order valence-electron chi connectivity index (χ3n) is 5.07. The molecule has 3 rings (SSSR count). The van der Waals surface area contributed by atoms with Crippen molar-refractivity contribution in [3.05, 3.63) is 64.5 Å². The molecule has 1 aliphatic carbocycles. The van der Waals surface area contributed by atoms with Gasteiger partial charge in [0.15, 0.2) is 6.61 Å². The minimum absolute atomic E-state index is 0.300. The number of rotatable bonds is 6. The largest absolute Gasteiger partial charge is 0.452 e. The average molecular weight is 434 g/mol. The van der Waals surface area contributed by atoms with E-state index in [4.69, 9.17) is 9.88 Å². The Labute approximate surface area is 174 Å². The molecule has 3 N–H and O–H groups in total. The fraction of sp³-hybridized carbons (Fsp3) is 0.333. The summed E-state index contributed by atoms with van der Waals surface area (Å²) in [7, 11) is -4.11. The number of hydrogen-bond donors (Lipinski definition) is 2. The number of nitrogens with one attached hydrogen (secondary N) is 1. The molecule has 0 fully saturated rings. The molecule has 2 aromatic carbocycles. The molecule has 1 unspecified atom stereocenters. The molecule has 0 radical (unpaired) electrons. The Bertz CT molecular complexity index is 1080. The minimum Gasteiger partial charge on any atom is -0.452 e. The molecule has 1 atom stereocenters. The molecule has 0 aromatic heterocycles. The molecule has 0 saturated carbocycles. The van der Waals surface area contributed by atoms with Gasteiger partial charge in [-0.05, 0) is 67.5 Å². The normalized spacial score (nSPS) is 14.5. The van der Waals surface area contributed by atoms with Crippen LogP contribution in [0.5, 0.6) is 0 Å². The number of nitrogens with two attached hydrogens (primary N) is 1. The topological polar surface area (TPSA) is 116 Å². The first-order chi connectivity index (χ1) is 14.1. The number of carbonyl (C=O) groups excluding carboxylic acids is 2. The van der Waals surface area contributed by atoms with Crippen LogP contribution in [0.2, 0.25) is 0 Å². The molecule has 0 bridgehead atoms. The van der Waals surface area contributed by atoms with Gasteiger partial charge in [-0.1, -0.05) is 18.2 Å². The summed E-state index contributed by atoms with van der Waals surface area (Å²) in [5.74, 6) is -2.69. The van der Waals surface area contributed by atoms with Crippen LogP contribution in [-0.2, 0) is 32.4 Å². The molecule has 0 saturated heterocycles. The predicted octanol–water partition coefficient (Wildman–Crippen LogP) is 2.39. The molecule has 0 spiro atoms. The van der Waals surface area contributed by atoms with Gasteiger partial charge in [-0.2, -0.15) is 0 Å². The number of hydrogen-bond acceptors (Lipinski definition) is 5. The van der Waals surface area contributed by atoms with E-state index >= 15 is 0 Å². The van der Waals surface area contributed by atoms with Crippen LogP contribution in [-0.4, -0.2) is 26.9 Å². The highest BCUT2D eigenvalue weighted by Crippen LogP contribution is 2.24. The Hall–Kier alpha value is -2.78. The maximum atomic E-state index is 13.9. The maximum absolute atomic E-state index is 13.9. The number of fused-ring (bicyclic) bond motifs is 1. The first-order valence-electron chi connectivity index (χ1n) is 9.55. The van der Waals surface area contributed by atoms with Crippen molar-refractivity contribution in [3.63, 3.8) is 0 Å². The van der Waals surface area contributed by atoms with E-state index in [0.717, 1.165) is 43.0 Å². The van der Waals surface area contributed by atoms with Gasteiger partial charge in [0.05, 0.1) is 16.5 Å². The Morgan fingerprint density at radius 3 is 2.53 bits per heavy atom. The third kappa shape index (κ3) is 5.22. The van der Waals surface area contributed by atoms with Gasteiger partial charge in [0.1, 0.15) is 5.82 Å². The zero-order chi connectivity index (χ0) is 21.9. The van der Waals surface area contributed by atoms with E-state index in [-0.39, 0.29) is 6.04 Å². The number of aryl methyl sites for hydroxylation is 2. The lowest BCUT2D eigenvalue weighted by molar-refractivity contribution is -0.124. The van der Waals surface area contributed by atoms with Crippen molar-refractivity contribution < 1.29 is 27.1 Å². The van der Waals surface area contributed by atoms with Crippen LogP contribution in [0.15, 0.2) is 41.3 Å². The van der Waals surface area contributed by atoms with E-state index in [1.54, 1.807) is 0 Å². The Morgan fingerprint density at radius 1 is 1.13 bits per heavy atom. The highest BCUT2D eigenvalue weighted by Gasteiger charge is 2.20. The van der Waals surface area contributed by atoms with Crippen LogP contribution < -0.4 is 10.5 Å². The second-order valence-corrected chi connectivity index (χ2v) is 8.85.